The number of allylic oxidation sites excluding steroid dienone is 1. The first kappa shape index (κ1) is 19.1. The number of nitrogens with zero attached hydrogens (tertiary/aromatic N) is 5. The van der Waals surface area contributed by atoms with Gasteiger partial charge in [0.25, 0.3) is 0 Å². The third-order valence-corrected chi connectivity index (χ3v) is 4.99. The zero-order chi connectivity index (χ0) is 19.6. The van der Waals surface area contributed by atoms with Gasteiger partial charge in [0.15, 0.2) is 11.6 Å². The Bertz CT molecular complexity index is 873. The number of fused-ring (bicyclic) bond motifs is 1. The largest absolute Gasteiger partial charge is 0.359 e. The molecule has 0 aliphatic carbocycles. The fourth-order valence-corrected chi connectivity index (χ4v) is 3.68. The van der Waals surface area contributed by atoms with Gasteiger partial charge in [-0.05, 0) is 32.8 Å². The highest BCUT2D eigenvalue weighted by Crippen LogP contribution is 2.35. The van der Waals surface area contributed by atoms with Crippen molar-refractivity contribution in [3.05, 3.63) is 65.9 Å². The lowest BCUT2D eigenvalue weighted by Crippen LogP contribution is -2.37. The lowest BCUT2D eigenvalue weighted by atomic mass is 10.0. The van der Waals surface area contributed by atoms with Crippen LogP contribution in [0.15, 0.2) is 48.1 Å². The van der Waals surface area contributed by atoms with E-state index < -0.39 is 0 Å². The quantitative estimate of drug-likeness (QED) is 0.695. The number of aliphatic imine (C=N–C) groups is 1. The highest BCUT2D eigenvalue weighted by atomic mass is 15.4. The van der Waals surface area contributed by atoms with Crippen molar-refractivity contribution in [3.63, 3.8) is 0 Å². The van der Waals surface area contributed by atoms with E-state index in [-0.39, 0.29) is 6.04 Å². The molecule has 2 aromatic rings. The fraction of sp³-hybridized carbons (Fsp3) is 0.409. The Morgan fingerprint density at radius 3 is 2.48 bits per heavy atom. The van der Waals surface area contributed by atoms with E-state index in [1.54, 1.807) is 0 Å². The zero-order valence-corrected chi connectivity index (χ0v) is 16.9. The second kappa shape index (κ2) is 7.91. The molecule has 1 aliphatic heterocycles. The SMILES string of the molecule is C=C(C)N=C(C)c1nnc2n1CCN(C(=C)c1ccc(C)cc1)C2CCC. The van der Waals surface area contributed by atoms with Crippen LogP contribution in [0, 0.1) is 6.92 Å². The molecule has 142 valence electrons. The van der Waals surface area contributed by atoms with Crippen LogP contribution >= 0.6 is 0 Å². The summed E-state index contributed by atoms with van der Waals surface area (Å²) in [6.07, 6.45) is 2.09. The Labute approximate surface area is 162 Å². The van der Waals surface area contributed by atoms with Crippen molar-refractivity contribution < 1.29 is 0 Å². The zero-order valence-electron chi connectivity index (χ0n) is 16.9. The average Bonchev–Trinajstić information content (AvgIpc) is 3.06. The molecular weight excluding hydrogens is 334 g/mol. The third kappa shape index (κ3) is 3.87. The van der Waals surface area contributed by atoms with Crippen molar-refractivity contribution in [3.8, 4) is 0 Å². The maximum Gasteiger partial charge on any atom is 0.178 e. The van der Waals surface area contributed by atoms with Crippen LogP contribution < -0.4 is 0 Å². The van der Waals surface area contributed by atoms with E-state index in [2.05, 4.69) is 75.9 Å². The molecule has 1 aromatic carbocycles. The van der Waals surface area contributed by atoms with Gasteiger partial charge in [-0.25, -0.2) is 0 Å². The first-order valence-corrected chi connectivity index (χ1v) is 9.59. The molecule has 0 bridgehead atoms. The minimum absolute atomic E-state index is 0.177. The van der Waals surface area contributed by atoms with Crippen molar-refractivity contribution >= 4 is 11.4 Å². The molecule has 1 unspecified atom stereocenters. The molecule has 5 heteroatoms. The van der Waals surface area contributed by atoms with E-state index in [0.29, 0.717) is 0 Å². The van der Waals surface area contributed by atoms with E-state index in [9.17, 15) is 0 Å². The van der Waals surface area contributed by atoms with Gasteiger partial charge in [0.2, 0.25) is 0 Å². The fourth-order valence-electron chi connectivity index (χ4n) is 3.68. The Hall–Kier alpha value is -2.69. The number of hydrogen-bond acceptors (Lipinski definition) is 4. The summed E-state index contributed by atoms with van der Waals surface area (Å²) >= 11 is 0. The molecule has 0 spiro atoms. The number of aryl methyl sites for hydroxylation is 1. The summed E-state index contributed by atoms with van der Waals surface area (Å²) in [5.41, 5.74) is 5.11. The summed E-state index contributed by atoms with van der Waals surface area (Å²) in [5, 5.41) is 8.99. The lowest BCUT2D eigenvalue weighted by molar-refractivity contribution is 0.222. The van der Waals surface area contributed by atoms with Gasteiger partial charge in [0, 0.05) is 24.5 Å². The second-order valence-corrected chi connectivity index (χ2v) is 7.28. The molecule has 1 atom stereocenters. The predicted octanol–water partition coefficient (Wildman–Crippen LogP) is 4.76. The van der Waals surface area contributed by atoms with Crippen LogP contribution in [-0.4, -0.2) is 31.9 Å². The number of hydrogen-bond donors (Lipinski definition) is 0. The van der Waals surface area contributed by atoms with Crippen molar-refractivity contribution in [1.82, 2.24) is 19.7 Å². The maximum atomic E-state index is 4.55. The molecule has 27 heavy (non-hydrogen) atoms. The molecule has 2 heterocycles. The Morgan fingerprint density at radius 1 is 1.15 bits per heavy atom. The smallest absolute Gasteiger partial charge is 0.178 e. The van der Waals surface area contributed by atoms with Crippen LogP contribution in [0.4, 0.5) is 0 Å². The average molecular weight is 364 g/mol. The summed E-state index contributed by atoms with van der Waals surface area (Å²) in [7, 11) is 0. The van der Waals surface area contributed by atoms with Crippen molar-refractivity contribution in [1.29, 1.82) is 0 Å². The minimum Gasteiger partial charge on any atom is -0.359 e. The minimum atomic E-state index is 0.177. The highest BCUT2D eigenvalue weighted by Gasteiger charge is 2.32. The molecule has 0 fully saturated rings. The van der Waals surface area contributed by atoms with Gasteiger partial charge < -0.3 is 9.47 Å². The van der Waals surface area contributed by atoms with Crippen molar-refractivity contribution in [2.75, 3.05) is 6.54 Å². The summed E-state index contributed by atoms with van der Waals surface area (Å²) < 4.78 is 2.21. The monoisotopic (exact) mass is 363 g/mol. The molecule has 0 amide bonds. The molecular formula is C22H29N5. The van der Waals surface area contributed by atoms with Gasteiger partial charge in [-0.15, -0.1) is 10.2 Å². The summed E-state index contributed by atoms with van der Waals surface area (Å²) in [5.74, 6) is 1.84. The van der Waals surface area contributed by atoms with Crippen molar-refractivity contribution in [2.24, 2.45) is 4.99 Å². The molecule has 0 saturated carbocycles. The van der Waals surface area contributed by atoms with E-state index in [1.807, 2.05) is 13.8 Å². The molecule has 5 nitrogen and oxygen atoms in total. The third-order valence-electron chi connectivity index (χ3n) is 4.99. The number of rotatable bonds is 6. The van der Waals surface area contributed by atoms with Crippen LogP contribution in [0.3, 0.4) is 0 Å². The van der Waals surface area contributed by atoms with Gasteiger partial charge >= 0.3 is 0 Å². The van der Waals surface area contributed by atoms with Gasteiger partial charge in [-0.2, -0.15) is 0 Å². The van der Waals surface area contributed by atoms with Crippen LogP contribution in [0.1, 0.15) is 62.4 Å². The topological polar surface area (TPSA) is 46.3 Å². The highest BCUT2D eigenvalue weighted by molar-refractivity contribution is 5.96. The number of benzene rings is 1. The predicted molar refractivity (Wildman–Crippen MR) is 112 cm³/mol. The second-order valence-electron chi connectivity index (χ2n) is 7.28. The molecule has 0 N–H and O–H groups in total. The molecule has 3 rings (SSSR count). The standard InChI is InChI=1S/C22H29N5/c1-7-8-20-22-25-24-21(17(5)23-15(2)3)27(22)14-13-26(20)18(6)19-11-9-16(4)10-12-19/h9-12,20H,2,6-8,13-14H2,1,3-5H3. The van der Waals surface area contributed by atoms with Crippen molar-refractivity contribution in [2.45, 2.75) is 53.1 Å². The normalized spacial score (nSPS) is 17.0. The van der Waals surface area contributed by atoms with Gasteiger partial charge in [0.05, 0.1) is 11.8 Å². The summed E-state index contributed by atoms with van der Waals surface area (Å²) in [6, 6.07) is 8.75. The van der Waals surface area contributed by atoms with E-state index in [4.69, 9.17) is 0 Å². The summed E-state index contributed by atoms with van der Waals surface area (Å²) in [4.78, 5) is 6.86. The van der Waals surface area contributed by atoms with Gasteiger partial charge in [-0.1, -0.05) is 56.3 Å². The number of aromatic nitrogens is 3. The maximum absolute atomic E-state index is 4.55. The van der Waals surface area contributed by atoms with Gasteiger partial charge in [0.1, 0.15) is 0 Å². The van der Waals surface area contributed by atoms with Crippen LogP contribution in [0.2, 0.25) is 0 Å². The van der Waals surface area contributed by atoms with Crippen LogP contribution in [0.25, 0.3) is 5.70 Å². The summed E-state index contributed by atoms with van der Waals surface area (Å²) in [6.45, 7) is 18.2. The van der Waals surface area contributed by atoms with E-state index >= 15 is 0 Å². The Morgan fingerprint density at radius 2 is 1.85 bits per heavy atom. The first-order chi connectivity index (χ1) is 12.9. The van der Waals surface area contributed by atoms with E-state index in [0.717, 1.165) is 60.2 Å². The molecule has 0 saturated heterocycles. The van der Waals surface area contributed by atoms with Crippen LogP contribution in [0.5, 0.6) is 0 Å². The van der Waals surface area contributed by atoms with E-state index in [1.165, 1.54) is 5.56 Å². The van der Waals surface area contributed by atoms with Crippen LogP contribution in [-0.2, 0) is 6.54 Å². The molecule has 1 aliphatic rings. The lowest BCUT2D eigenvalue weighted by Gasteiger charge is -2.38. The van der Waals surface area contributed by atoms with Gasteiger partial charge in [-0.3, -0.25) is 4.99 Å². The first-order valence-electron chi connectivity index (χ1n) is 9.59. The molecule has 0 radical (unpaired) electrons. The Balaban J connectivity index is 1.95. The Kier molecular flexibility index (Phi) is 5.59. The molecule has 1 aromatic heterocycles.